The van der Waals surface area contributed by atoms with Gasteiger partial charge >= 0.3 is 0 Å². The van der Waals surface area contributed by atoms with Crippen LogP contribution in [0.3, 0.4) is 0 Å². The summed E-state index contributed by atoms with van der Waals surface area (Å²) in [6, 6.07) is 14.7. The van der Waals surface area contributed by atoms with Crippen molar-refractivity contribution in [3.8, 4) is 17.6 Å². The molecule has 0 unspecified atom stereocenters. The Kier molecular flexibility index (Phi) is 6.63. The van der Waals surface area contributed by atoms with Crippen LogP contribution in [-0.4, -0.2) is 33.7 Å². The van der Waals surface area contributed by atoms with Crippen LogP contribution < -0.4 is 19.7 Å². The fourth-order valence-corrected chi connectivity index (χ4v) is 2.22. The van der Waals surface area contributed by atoms with E-state index in [0.717, 1.165) is 16.9 Å². The molecule has 2 rings (SSSR count). The number of carbonyl (C=O) groups excluding carboxylic acids is 1. The minimum Gasteiger partial charge on any atom is -0.493 e. The zero-order valence-corrected chi connectivity index (χ0v) is 15.0. The fourth-order valence-electron chi connectivity index (χ4n) is 2.22. The van der Waals surface area contributed by atoms with Gasteiger partial charge in [-0.15, -0.1) is 0 Å². The minimum atomic E-state index is -0.230. The average molecular weight is 351 g/mol. The van der Waals surface area contributed by atoms with Gasteiger partial charge < -0.3 is 19.7 Å². The van der Waals surface area contributed by atoms with E-state index in [4.69, 9.17) is 14.7 Å². The van der Waals surface area contributed by atoms with Gasteiger partial charge in [0.2, 0.25) is 5.91 Å². The zero-order valence-electron chi connectivity index (χ0n) is 15.0. The van der Waals surface area contributed by atoms with E-state index in [0.29, 0.717) is 11.5 Å². The molecular weight excluding hydrogens is 330 g/mol. The highest BCUT2D eigenvalue weighted by Crippen LogP contribution is 2.28. The lowest BCUT2D eigenvalue weighted by Gasteiger charge is -2.12. The largest absolute Gasteiger partial charge is 0.493 e. The van der Waals surface area contributed by atoms with Gasteiger partial charge in [0, 0.05) is 31.5 Å². The third-order valence-corrected chi connectivity index (χ3v) is 3.56. The first-order valence-corrected chi connectivity index (χ1v) is 7.97. The van der Waals surface area contributed by atoms with Crippen LogP contribution >= 0.6 is 0 Å². The Bertz CT molecular complexity index is 821. The molecule has 0 spiro atoms. The number of nitrogens with one attached hydrogen (secondary N) is 1. The zero-order chi connectivity index (χ0) is 18.9. The first-order chi connectivity index (χ1) is 12.5. The molecule has 1 amide bonds. The Labute approximate surface area is 153 Å². The second-order valence-corrected chi connectivity index (χ2v) is 5.62. The maximum Gasteiger partial charge on any atom is 0.248 e. The second kappa shape index (κ2) is 9.14. The molecule has 26 heavy (non-hydrogen) atoms. The van der Waals surface area contributed by atoms with Crippen LogP contribution in [-0.2, 0) is 4.79 Å². The smallest absolute Gasteiger partial charge is 0.248 e. The van der Waals surface area contributed by atoms with Crippen molar-refractivity contribution in [1.82, 2.24) is 0 Å². The maximum absolute atomic E-state index is 12.1. The van der Waals surface area contributed by atoms with Gasteiger partial charge in [0.1, 0.15) is 6.07 Å². The van der Waals surface area contributed by atoms with Gasteiger partial charge in [-0.1, -0.05) is 6.07 Å². The molecule has 0 heterocycles. The normalized spacial score (nSPS) is 10.2. The van der Waals surface area contributed by atoms with Crippen molar-refractivity contribution in [1.29, 1.82) is 5.26 Å². The molecular formula is C20H21N3O3. The van der Waals surface area contributed by atoms with E-state index in [1.807, 2.05) is 49.3 Å². The highest BCUT2D eigenvalue weighted by atomic mass is 16.5. The monoisotopic (exact) mass is 351 g/mol. The van der Waals surface area contributed by atoms with Crippen LogP contribution in [0.25, 0.3) is 6.08 Å². The summed E-state index contributed by atoms with van der Waals surface area (Å²) < 4.78 is 10.5. The predicted octanol–water partition coefficient (Wildman–Crippen LogP) is 3.32. The molecule has 1 N–H and O–H groups in total. The number of rotatable bonds is 7. The number of hydrogen-bond donors (Lipinski definition) is 1. The van der Waals surface area contributed by atoms with Crippen molar-refractivity contribution in [2.24, 2.45) is 0 Å². The first-order valence-electron chi connectivity index (χ1n) is 7.97. The molecule has 0 aliphatic rings. The average Bonchev–Trinajstić information content (AvgIpc) is 2.65. The number of benzene rings is 2. The standard InChI is InChI=1S/C20H21N3O3/c1-23(2)17-8-6-16(7-9-17)22-20(24)11-5-15-4-10-18(26-13-12-21)19(14-15)25-3/h4-11,14H,13H2,1-3H3,(H,22,24). The fraction of sp³-hybridized carbons (Fsp3) is 0.200. The van der Waals surface area contributed by atoms with Gasteiger partial charge in [-0.3, -0.25) is 4.79 Å². The molecule has 0 aliphatic heterocycles. The first kappa shape index (κ1) is 18.9. The molecule has 6 nitrogen and oxygen atoms in total. The summed E-state index contributed by atoms with van der Waals surface area (Å²) in [4.78, 5) is 14.1. The highest BCUT2D eigenvalue weighted by Gasteiger charge is 2.05. The Balaban J connectivity index is 2.02. The van der Waals surface area contributed by atoms with Crippen LogP contribution in [0.5, 0.6) is 11.5 Å². The quantitative estimate of drug-likeness (QED) is 0.775. The summed E-state index contributed by atoms with van der Waals surface area (Å²) in [5, 5.41) is 11.4. The van der Waals surface area contributed by atoms with Crippen molar-refractivity contribution in [3.63, 3.8) is 0 Å². The van der Waals surface area contributed by atoms with E-state index < -0.39 is 0 Å². The van der Waals surface area contributed by atoms with Crippen molar-refractivity contribution in [2.45, 2.75) is 0 Å². The van der Waals surface area contributed by atoms with Crippen LogP contribution in [0.4, 0.5) is 11.4 Å². The molecule has 0 fully saturated rings. The number of nitrogens with zero attached hydrogens (tertiary/aromatic N) is 2. The van der Waals surface area contributed by atoms with Gasteiger partial charge in [-0.25, -0.2) is 0 Å². The number of hydrogen-bond acceptors (Lipinski definition) is 5. The molecule has 0 saturated carbocycles. The van der Waals surface area contributed by atoms with Gasteiger partial charge in [0.25, 0.3) is 0 Å². The number of ether oxygens (including phenoxy) is 2. The van der Waals surface area contributed by atoms with Gasteiger partial charge in [0.05, 0.1) is 7.11 Å². The van der Waals surface area contributed by atoms with E-state index in [2.05, 4.69) is 5.32 Å². The van der Waals surface area contributed by atoms with Gasteiger partial charge in [0.15, 0.2) is 18.1 Å². The molecule has 0 bridgehead atoms. The Morgan fingerprint density at radius 1 is 1.19 bits per heavy atom. The molecule has 2 aromatic rings. The molecule has 0 saturated heterocycles. The van der Waals surface area contributed by atoms with Gasteiger partial charge in [-0.05, 0) is 48.0 Å². The summed E-state index contributed by atoms with van der Waals surface area (Å²) >= 11 is 0. The number of nitriles is 1. The summed E-state index contributed by atoms with van der Waals surface area (Å²) in [5.41, 5.74) is 2.57. The van der Waals surface area contributed by atoms with E-state index in [-0.39, 0.29) is 12.5 Å². The Hall–Kier alpha value is -3.46. The van der Waals surface area contributed by atoms with Crippen molar-refractivity contribution in [2.75, 3.05) is 38.0 Å². The van der Waals surface area contributed by atoms with E-state index in [9.17, 15) is 4.79 Å². The van der Waals surface area contributed by atoms with Crippen molar-refractivity contribution >= 4 is 23.4 Å². The third-order valence-electron chi connectivity index (χ3n) is 3.56. The van der Waals surface area contributed by atoms with Crippen LogP contribution in [0.2, 0.25) is 0 Å². The minimum absolute atomic E-state index is 0.0550. The van der Waals surface area contributed by atoms with E-state index >= 15 is 0 Å². The number of anilines is 2. The summed E-state index contributed by atoms with van der Waals surface area (Å²) in [6.45, 7) is -0.0550. The number of methoxy groups -OCH3 is 1. The third kappa shape index (κ3) is 5.28. The number of carbonyl (C=O) groups is 1. The lowest BCUT2D eigenvalue weighted by atomic mass is 10.2. The van der Waals surface area contributed by atoms with E-state index in [1.165, 1.54) is 13.2 Å². The molecule has 2 aromatic carbocycles. The topological polar surface area (TPSA) is 74.6 Å². The predicted molar refractivity (Wildman–Crippen MR) is 103 cm³/mol. The summed E-state index contributed by atoms with van der Waals surface area (Å²) in [5.74, 6) is 0.755. The lowest BCUT2D eigenvalue weighted by molar-refractivity contribution is -0.111. The molecule has 0 aromatic heterocycles. The van der Waals surface area contributed by atoms with E-state index in [1.54, 1.807) is 24.3 Å². The SMILES string of the molecule is COc1cc(C=CC(=O)Nc2ccc(N(C)C)cc2)ccc1OCC#N. The highest BCUT2D eigenvalue weighted by molar-refractivity contribution is 6.02. The van der Waals surface area contributed by atoms with Crippen molar-refractivity contribution in [3.05, 3.63) is 54.1 Å². The molecule has 6 heteroatoms. The molecule has 134 valence electrons. The van der Waals surface area contributed by atoms with Crippen LogP contribution in [0.1, 0.15) is 5.56 Å². The summed E-state index contributed by atoms with van der Waals surface area (Å²) in [6.07, 6.45) is 3.13. The lowest BCUT2D eigenvalue weighted by Crippen LogP contribution is -2.10. The molecule has 0 atom stereocenters. The molecule has 0 radical (unpaired) electrons. The van der Waals surface area contributed by atoms with Crippen LogP contribution in [0.15, 0.2) is 48.5 Å². The second-order valence-electron chi connectivity index (χ2n) is 5.62. The van der Waals surface area contributed by atoms with Crippen molar-refractivity contribution < 1.29 is 14.3 Å². The Morgan fingerprint density at radius 2 is 1.92 bits per heavy atom. The number of amides is 1. The molecule has 0 aliphatic carbocycles. The van der Waals surface area contributed by atoms with Gasteiger partial charge in [-0.2, -0.15) is 5.26 Å². The Morgan fingerprint density at radius 3 is 2.54 bits per heavy atom. The maximum atomic E-state index is 12.1. The van der Waals surface area contributed by atoms with Crippen LogP contribution in [0, 0.1) is 11.3 Å². The summed E-state index contributed by atoms with van der Waals surface area (Å²) in [7, 11) is 5.44.